The monoisotopic (exact) mass is 236 g/mol. The van der Waals surface area contributed by atoms with E-state index in [1.54, 1.807) is 0 Å². The van der Waals surface area contributed by atoms with Crippen molar-refractivity contribution in [3.8, 4) is 0 Å². The minimum absolute atomic E-state index is 0.00931. The molecule has 4 aliphatic carbocycles. The van der Waals surface area contributed by atoms with Gasteiger partial charge in [-0.25, -0.2) is 0 Å². The quantitative estimate of drug-likeness (QED) is 0.786. The van der Waals surface area contributed by atoms with Crippen molar-refractivity contribution in [3.05, 3.63) is 0 Å². The second-order valence-electron chi connectivity index (χ2n) is 7.26. The molecule has 4 bridgehead atoms. The van der Waals surface area contributed by atoms with Crippen LogP contribution in [-0.4, -0.2) is 11.2 Å². The SMILES string of the molecule is CCCC(C)C(O)C1C2CC3CC(C2)CC1C3. The molecule has 98 valence electrons. The first-order valence-electron chi connectivity index (χ1n) is 7.87. The maximum atomic E-state index is 10.7. The van der Waals surface area contributed by atoms with Crippen LogP contribution in [0.2, 0.25) is 0 Å². The van der Waals surface area contributed by atoms with Crippen molar-refractivity contribution in [3.63, 3.8) is 0 Å². The zero-order chi connectivity index (χ0) is 12.0. The van der Waals surface area contributed by atoms with Gasteiger partial charge in [-0.3, -0.25) is 0 Å². The van der Waals surface area contributed by atoms with Gasteiger partial charge in [0.1, 0.15) is 0 Å². The number of hydrogen-bond acceptors (Lipinski definition) is 1. The van der Waals surface area contributed by atoms with Gasteiger partial charge in [-0.05, 0) is 74.0 Å². The van der Waals surface area contributed by atoms with Crippen LogP contribution in [0.3, 0.4) is 0 Å². The fourth-order valence-corrected chi connectivity index (χ4v) is 5.53. The fourth-order valence-electron chi connectivity index (χ4n) is 5.53. The van der Waals surface area contributed by atoms with Crippen molar-refractivity contribution in [1.29, 1.82) is 0 Å². The first-order chi connectivity index (χ1) is 8.19. The zero-order valence-corrected chi connectivity index (χ0v) is 11.4. The Morgan fingerprint density at radius 1 is 1.00 bits per heavy atom. The average Bonchev–Trinajstić information content (AvgIpc) is 2.27. The van der Waals surface area contributed by atoms with Gasteiger partial charge < -0.3 is 5.11 Å². The van der Waals surface area contributed by atoms with Crippen molar-refractivity contribution in [1.82, 2.24) is 0 Å². The molecule has 0 aromatic rings. The predicted molar refractivity (Wildman–Crippen MR) is 70.6 cm³/mol. The third kappa shape index (κ3) is 2.05. The molecule has 0 radical (unpaired) electrons. The van der Waals surface area contributed by atoms with Crippen LogP contribution >= 0.6 is 0 Å². The molecule has 4 aliphatic rings. The summed E-state index contributed by atoms with van der Waals surface area (Å²) >= 11 is 0. The molecule has 0 aromatic carbocycles. The summed E-state index contributed by atoms with van der Waals surface area (Å²) in [5.41, 5.74) is 0. The minimum Gasteiger partial charge on any atom is -0.393 e. The predicted octanol–water partition coefficient (Wildman–Crippen LogP) is 3.86. The lowest BCUT2D eigenvalue weighted by molar-refractivity contribution is -0.104. The van der Waals surface area contributed by atoms with Crippen molar-refractivity contribution in [2.24, 2.45) is 35.5 Å². The highest BCUT2D eigenvalue weighted by molar-refractivity contribution is 5.00. The molecule has 2 unspecified atom stereocenters. The van der Waals surface area contributed by atoms with E-state index in [0.717, 1.165) is 23.7 Å². The van der Waals surface area contributed by atoms with E-state index in [2.05, 4.69) is 13.8 Å². The molecule has 4 saturated carbocycles. The smallest absolute Gasteiger partial charge is 0.0599 e. The van der Waals surface area contributed by atoms with E-state index in [-0.39, 0.29) is 6.10 Å². The van der Waals surface area contributed by atoms with Gasteiger partial charge in [0.05, 0.1) is 6.10 Å². The van der Waals surface area contributed by atoms with Crippen molar-refractivity contribution in [2.75, 3.05) is 0 Å². The van der Waals surface area contributed by atoms with E-state index in [1.165, 1.54) is 44.9 Å². The van der Waals surface area contributed by atoms with Crippen molar-refractivity contribution in [2.45, 2.75) is 64.9 Å². The topological polar surface area (TPSA) is 20.2 Å². The highest BCUT2D eigenvalue weighted by atomic mass is 16.3. The van der Waals surface area contributed by atoms with Crippen LogP contribution in [0, 0.1) is 35.5 Å². The van der Waals surface area contributed by atoms with Gasteiger partial charge in [-0.15, -0.1) is 0 Å². The Hall–Kier alpha value is -0.0400. The minimum atomic E-state index is -0.00931. The Morgan fingerprint density at radius 2 is 1.53 bits per heavy atom. The molecule has 0 aliphatic heterocycles. The molecular weight excluding hydrogens is 208 g/mol. The third-order valence-electron chi connectivity index (χ3n) is 6.02. The van der Waals surface area contributed by atoms with Crippen molar-refractivity contribution >= 4 is 0 Å². The summed E-state index contributed by atoms with van der Waals surface area (Å²) in [5, 5.41) is 10.7. The summed E-state index contributed by atoms with van der Waals surface area (Å²) in [6.45, 7) is 4.50. The van der Waals surface area contributed by atoms with Gasteiger partial charge in [0.15, 0.2) is 0 Å². The lowest BCUT2D eigenvalue weighted by atomic mass is 9.50. The molecule has 2 atom stereocenters. The number of hydrogen-bond donors (Lipinski definition) is 1. The Morgan fingerprint density at radius 3 is 2.00 bits per heavy atom. The highest BCUT2D eigenvalue weighted by Crippen LogP contribution is 2.58. The second-order valence-corrected chi connectivity index (χ2v) is 7.26. The molecule has 0 spiro atoms. The number of rotatable bonds is 4. The molecule has 4 rings (SSSR count). The highest BCUT2D eigenvalue weighted by Gasteiger charge is 2.50. The zero-order valence-electron chi connectivity index (χ0n) is 11.4. The van der Waals surface area contributed by atoms with Gasteiger partial charge in [-0.2, -0.15) is 0 Å². The summed E-state index contributed by atoms with van der Waals surface area (Å²) < 4.78 is 0. The number of aliphatic hydroxyl groups excluding tert-OH is 1. The van der Waals surface area contributed by atoms with Crippen LogP contribution < -0.4 is 0 Å². The van der Waals surface area contributed by atoms with Gasteiger partial charge in [0.25, 0.3) is 0 Å². The van der Waals surface area contributed by atoms with Crippen LogP contribution in [0.25, 0.3) is 0 Å². The van der Waals surface area contributed by atoms with E-state index >= 15 is 0 Å². The molecule has 0 saturated heterocycles. The molecule has 1 heteroatoms. The molecule has 0 amide bonds. The average molecular weight is 236 g/mol. The first kappa shape index (κ1) is 12.0. The summed E-state index contributed by atoms with van der Waals surface area (Å²) in [6, 6.07) is 0. The maximum Gasteiger partial charge on any atom is 0.0599 e. The molecule has 0 heterocycles. The number of aliphatic hydroxyl groups is 1. The van der Waals surface area contributed by atoms with E-state index in [4.69, 9.17) is 0 Å². The Labute approximate surface area is 106 Å². The lowest BCUT2D eigenvalue weighted by Gasteiger charge is -2.56. The fraction of sp³-hybridized carbons (Fsp3) is 1.00. The standard InChI is InChI=1S/C16H28O/c1-3-4-10(2)16(17)15-13-6-11-5-12(8-13)9-14(15)7-11/h10-17H,3-9H2,1-2H3. The normalized spacial score (nSPS) is 47.1. The Kier molecular flexibility index (Phi) is 3.23. The molecule has 17 heavy (non-hydrogen) atoms. The summed E-state index contributed by atoms with van der Waals surface area (Å²) in [5.74, 6) is 4.98. The van der Waals surface area contributed by atoms with Gasteiger partial charge in [-0.1, -0.05) is 20.3 Å². The Bertz CT molecular complexity index is 245. The third-order valence-corrected chi connectivity index (χ3v) is 6.02. The van der Waals surface area contributed by atoms with Crippen LogP contribution in [0.15, 0.2) is 0 Å². The lowest BCUT2D eigenvalue weighted by Crippen LogP contribution is -2.50. The van der Waals surface area contributed by atoms with Crippen LogP contribution in [0.5, 0.6) is 0 Å². The molecule has 1 nitrogen and oxygen atoms in total. The van der Waals surface area contributed by atoms with E-state index in [0.29, 0.717) is 11.8 Å². The molecular formula is C16H28O. The summed E-state index contributed by atoms with van der Waals surface area (Å²) in [7, 11) is 0. The van der Waals surface area contributed by atoms with Crippen LogP contribution in [-0.2, 0) is 0 Å². The van der Waals surface area contributed by atoms with Gasteiger partial charge >= 0.3 is 0 Å². The van der Waals surface area contributed by atoms with E-state index in [1.807, 2.05) is 0 Å². The second kappa shape index (κ2) is 4.57. The van der Waals surface area contributed by atoms with E-state index < -0.39 is 0 Å². The Balaban J connectivity index is 1.71. The first-order valence-corrected chi connectivity index (χ1v) is 7.87. The van der Waals surface area contributed by atoms with Crippen molar-refractivity contribution < 1.29 is 5.11 Å². The molecule has 0 aromatic heterocycles. The van der Waals surface area contributed by atoms with Crippen LogP contribution in [0.1, 0.15) is 58.8 Å². The summed E-state index contributed by atoms with van der Waals surface area (Å²) in [4.78, 5) is 0. The largest absolute Gasteiger partial charge is 0.393 e. The van der Waals surface area contributed by atoms with Crippen LogP contribution in [0.4, 0.5) is 0 Å². The van der Waals surface area contributed by atoms with Gasteiger partial charge in [0.2, 0.25) is 0 Å². The molecule has 1 N–H and O–H groups in total. The van der Waals surface area contributed by atoms with E-state index in [9.17, 15) is 5.11 Å². The maximum absolute atomic E-state index is 10.7. The molecule has 4 fully saturated rings. The summed E-state index contributed by atoms with van der Waals surface area (Å²) in [6.07, 6.45) is 9.67. The van der Waals surface area contributed by atoms with Gasteiger partial charge in [0, 0.05) is 0 Å².